The van der Waals surface area contributed by atoms with Crippen LogP contribution in [0.4, 0.5) is 5.69 Å². The summed E-state index contributed by atoms with van der Waals surface area (Å²) in [6.45, 7) is 5.78. The Kier molecular flexibility index (Phi) is 4.31. The molecule has 1 amide bonds. The zero-order chi connectivity index (χ0) is 20.5. The maximum absolute atomic E-state index is 14.0. The van der Waals surface area contributed by atoms with Crippen LogP contribution in [0, 0.1) is 0 Å². The molecule has 3 aliphatic heterocycles. The number of hydrogen-bond donors (Lipinski definition) is 0. The van der Waals surface area contributed by atoms with Gasteiger partial charge in [0, 0.05) is 40.7 Å². The Bertz CT molecular complexity index is 1190. The van der Waals surface area contributed by atoms with E-state index in [9.17, 15) is 4.79 Å². The number of carbonyl (C=O) groups excluding carboxylic acids is 1. The fraction of sp³-hybridized carbons (Fsp3) is 0.280. The molecule has 3 aliphatic rings. The van der Waals surface area contributed by atoms with Gasteiger partial charge in [0.25, 0.3) is 0 Å². The Morgan fingerprint density at radius 3 is 2.55 bits per heavy atom. The second-order valence-corrected chi connectivity index (χ2v) is 8.98. The minimum Gasteiger partial charge on any atom is -0.492 e. The minimum absolute atomic E-state index is 0. The summed E-state index contributed by atoms with van der Waals surface area (Å²) in [5.41, 5.74) is 4.13. The van der Waals surface area contributed by atoms with Gasteiger partial charge in [0.2, 0.25) is 5.91 Å². The van der Waals surface area contributed by atoms with E-state index in [1.807, 2.05) is 47.5 Å². The van der Waals surface area contributed by atoms with Gasteiger partial charge in [-0.15, -0.1) is 12.4 Å². The largest absolute Gasteiger partial charge is 0.492 e. The first-order chi connectivity index (χ1) is 14.5. The van der Waals surface area contributed by atoms with Crippen molar-refractivity contribution in [2.45, 2.75) is 31.2 Å². The average Bonchev–Trinajstić information content (AvgIpc) is 3.36. The molecule has 2 aromatic carbocycles. The molecule has 3 aromatic rings. The number of ether oxygens (including phenoxy) is 2. The predicted octanol–water partition coefficient (Wildman–Crippen LogP) is 4.40. The topological polar surface area (TPSA) is 51.7 Å². The molecule has 1 unspecified atom stereocenters. The van der Waals surface area contributed by atoms with E-state index in [0.29, 0.717) is 19.8 Å². The Morgan fingerprint density at radius 1 is 0.968 bits per heavy atom. The zero-order valence-corrected chi connectivity index (χ0v) is 18.2. The summed E-state index contributed by atoms with van der Waals surface area (Å²) in [5.74, 6) is 1.67. The number of nitrogens with zero attached hydrogens (tertiary/aromatic N) is 2. The van der Waals surface area contributed by atoms with Gasteiger partial charge in [-0.05, 0) is 29.3 Å². The van der Waals surface area contributed by atoms with Crippen LogP contribution in [0.25, 0.3) is 0 Å². The molecule has 0 bridgehead atoms. The fourth-order valence-electron chi connectivity index (χ4n) is 5.02. The molecule has 6 heteroatoms. The minimum atomic E-state index is -0.818. The summed E-state index contributed by atoms with van der Waals surface area (Å²) < 4.78 is 12.0. The van der Waals surface area contributed by atoms with Crippen LogP contribution in [0.1, 0.15) is 36.1 Å². The molecule has 0 fully saturated rings. The molecule has 1 spiro atoms. The third-order valence-corrected chi connectivity index (χ3v) is 6.63. The van der Waals surface area contributed by atoms with E-state index in [-0.39, 0.29) is 23.7 Å². The molecule has 6 rings (SSSR count). The molecule has 0 saturated heterocycles. The van der Waals surface area contributed by atoms with E-state index in [0.717, 1.165) is 39.4 Å². The quantitative estimate of drug-likeness (QED) is 0.600. The van der Waals surface area contributed by atoms with Crippen LogP contribution >= 0.6 is 12.4 Å². The Balaban J connectivity index is 0.00000204. The summed E-state index contributed by atoms with van der Waals surface area (Å²) in [6, 6.07) is 16.1. The monoisotopic (exact) mass is 434 g/mol. The lowest BCUT2D eigenvalue weighted by molar-refractivity contribution is -0.122. The van der Waals surface area contributed by atoms with Crippen molar-refractivity contribution in [3.8, 4) is 11.5 Å². The molecular weight excluding hydrogens is 412 g/mol. The zero-order valence-electron chi connectivity index (χ0n) is 17.4. The SMILES string of the molecule is CC1(C)COc2cc3c(cc21)C1(CO3)C(=O)N(Cc2cccnc2)c2ccccc21.Cl. The average molecular weight is 435 g/mol. The number of anilines is 1. The lowest BCUT2D eigenvalue weighted by Crippen LogP contribution is -2.42. The number of carbonyl (C=O) groups is 1. The van der Waals surface area contributed by atoms with E-state index in [1.165, 1.54) is 0 Å². The molecule has 5 nitrogen and oxygen atoms in total. The molecule has 1 atom stereocenters. The van der Waals surface area contributed by atoms with Gasteiger partial charge in [-0.1, -0.05) is 38.1 Å². The highest BCUT2D eigenvalue weighted by Gasteiger charge is 2.57. The van der Waals surface area contributed by atoms with Crippen LogP contribution < -0.4 is 14.4 Å². The smallest absolute Gasteiger partial charge is 0.246 e. The first-order valence-electron chi connectivity index (χ1n) is 10.3. The third-order valence-electron chi connectivity index (χ3n) is 6.63. The van der Waals surface area contributed by atoms with Gasteiger partial charge in [0.15, 0.2) is 0 Å². The van der Waals surface area contributed by atoms with Gasteiger partial charge in [-0.25, -0.2) is 0 Å². The maximum Gasteiger partial charge on any atom is 0.246 e. The molecule has 158 valence electrons. The van der Waals surface area contributed by atoms with Crippen molar-refractivity contribution < 1.29 is 14.3 Å². The first kappa shape index (κ1) is 19.9. The van der Waals surface area contributed by atoms with Crippen molar-refractivity contribution in [2.24, 2.45) is 0 Å². The Morgan fingerprint density at radius 2 is 1.74 bits per heavy atom. The second kappa shape index (κ2) is 6.72. The number of rotatable bonds is 2. The second-order valence-electron chi connectivity index (χ2n) is 8.98. The van der Waals surface area contributed by atoms with Crippen molar-refractivity contribution in [2.75, 3.05) is 18.1 Å². The van der Waals surface area contributed by atoms with Crippen LogP contribution in [0.3, 0.4) is 0 Å². The van der Waals surface area contributed by atoms with E-state index >= 15 is 0 Å². The molecule has 0 aliphatic carbocycles. The van der Waals surface area contributed by atoms with Gasteiger partial charge in [-0.3, -0.25) is 9.78 Å². The Labute approximate surface area is 187 Å². The highest BCUT2D eigenvalue weighted by molar-refractivity contribution is 6.11. The van der Waals surface area contributed by atoms with Crippen LogP contribution in [-0.2, 0) is 22.2 Å². The van der Waals surface area contributed by atoms with E-state index < -0.39 is 5.41 Å². The predicted molar refractivity (Wildman–Crippen MR) is 120 cm³/mol. The molecule has 0 N–H and O–H groups in total. The van der Waals surface area contributed by atoms with E-state index in [2.05, 4.69) is 31.0 Å². The number of pyridine rings is 1. The normalized spacial score (nSPS) is 21.7. The van der Waals surface area contributed by atoms with Gasteiger partial charge >= 0.3 is 0 Å². The number of benzene rings is 2. The third kappa shape index (κ3) is 2.62. The van der Waals surface area contributed by atoms with E-state index in [1.54, 1.807) is 6.20 Å². The van der Waals surface area contributed by atoms with Gasteiger partial charge in [0.1, 0.15) is 23.5 Å². The van der Waals surface area contributed by atoms with Gasteiger partial charge in [-0.2, -0.15) is 0 Å². The standard InChI is InChI=1S/C25H22N2O3.ClH/c1-24(2)14-29-21-11-22-19(10-18(21)24)25(15-30-22)17-7-3-4-8-20(17)27(23(25)28)13-16-6-5-9-26-12-16;/h3-12H,13-15H2,1-2H3;1H. The molecule has 0 saturated carbocycles. The van der Waals surface area contributed by atoms with Crippen molar-refractivity contribution in [1.29, 1.82) is 0 Å². The number of amides is 1. The molecule has 31 heavy (non-hydrogen) atoms. The van der Waals surface area contributed by atoms with E-state index in [4.69, 9.17) is 9.47 Å². The van der Waals surface area contributed by atoms with Gasteiger partial charge < -0.3 is 14.4 Å². The number of para-hydroxylation sites is 1. The summed E-state index contributed by atoms with van der Waals surface area (Å²) in [4.78, 5) is 20.1. The highest BCUT2D eigenvalue weighted by atomic mass is 35.5. The molecule has 0 radical (unpaired) electrons. The van der Waals surface area contributed by atoms with Gasteiger partial charge in [0.05, 0.1) is 13.2 Å². The number of aromatic nitrogens is 1. The number of fused-ring (bicyclic) bond motifs is 5. The number of hydrogen-bond acceptors (Lipinski definition) is 4. The first-order valence-corrected chi connectivity index (χ1v) is 10.3. The van der Waals surface area contributed by atoms with Crippen molar-refractivity contribution in [3.63, 3.8) is 0 Å². The fourth-order valence-corrected chi connectivity index (χ4v) is 5.02. The maximum atomic E-state index is 14.0. The lowest BCUT2D eigenvalue weighted by Gasteiger charge is -2.24. The molecule has 4 heterocycles. The number of halogens is 1. The van der Waals surface area contributed by atoms with Crippen LogP contribution in [0.2, 0.25) is 0 Å². The molecular formula is C25H23ClN2O3. The van der Waals surface area contributed by atoms with Crippen molar-refractivity contribution in [3.05, 3.63) is 83.2 Å². The summed E-state index contributed by atoms with van der Waals surface area (Å²) in [6.07, 6.45) is 3.56. The Hall–Kier alpha value is -3.05. The van der Waals surface area contributed by atoms with Crippen molar-refractivity contribution in [1.82, 2.24) is 4.98 Å². The lowest BCUT2D eigenvalue weighted by atomic mass is 9.75. The van der Waals surface area contributed by atoms with Crippen LogP contribution in [-0.4, -0.2) is 24.1 Å². The van der Waals surface area contributed by atoms with Crippen molar-refractivity contribution >= 4 is 24.0 Å². The van der Waals surface area contributed by atoms with Crippen LogP contribution in [0.5, 0.6) is 11.5 Å². The summed E-state index contributed by atoms with van der Waals surface area (Å²) >= 11 is 0. The van der Waals surface area contributed by atoms with Crippen LogP contribution in [0.15, 0.2) is 60.9 Å². The highest BCUT2D eigenvalue weighted by Crippen LogP contribution is 2.55. The molecule has 1 aromatic heterocycles. The summed E-state index contributed by atoms with van der Waals surface area (Å²) in [5, 5.41) is 0. The summed E-state index contributed by atoms with van der Waals surface area (Å²) in [7, 11) is 0.